The van der Waals surface area contributed by atoms with Crippen LogP contribution < -0.4 is 5.32 Å². The van der Waals surface area contributed by atoms with Gasteiger partial charge in [0.25, 0.3) is 0 Å². The Morgan fingerprint density at radius 3 is 2.33 bits per heavy atom. The molecule has 1 saturated carbocycles. The maximum absolute atomic E-state index is 3.56. The molecule has 0 spiro atoms. The minimum atomic E-state index is 0.621. The number of nitrogens with zero attached hydrogens (tertiary/aromatic N) is 1. The third-order valence-electron chi connectivity index (χ3n) is 5.59. The standard InChI is InChI=1S/C19H32N2/c1-14(2)15(3)21(5)19-13-17(11-12-18(19)20-4)16-9-7-6-8-10-16/h6-10,14-15,17-20H,11-13H2,1-5H3. The molecule has 0 saturated heterocycles. The van der Waals surface area contributed by atoms with Gasteiger partial charge in [-0.3, -0.25) is 4.90 Å². The SMILES string of the molecule is CNC1CCC(c2ccccc2)CC1N(C)C(C)C(C)C. The first-order valence-corrected chi connectivity index (χ1v) is 8.48. The zero-order valence-corrected chi connectivity index (χ0v) is 14.3. The highest BCUT2D eigenvalue weighted by molar-refractivity contribution is 5.21. The molecule has 1 fully saturated rings. The Hall–Kier alpha value is -0.860. The second-order valence-corrected chi connectivity index (χ2v) is 7.03. The first-order chi connectivity index (χ1) is 10.0. The number of likely N-dealkylation sites (N-methyl/N-ethyl adjacent to an activating group) is 2. The van der Waals surface area contributed by atoms with E-state index in [9.17, 15) is 0 Å². The predicted molar refractivity (Wildman–Crippen MR) is 91.7 cm³/mol. The molecule has 1 aromatic rings. The summed E-state index contributed by atoms with van der Waals surface area (Å²) in [4.78, 5) is 2.61. The van der Waals surface area contributed by atoms with E-state index in [0.717, 1.165) is 0 Å². The molecular weight excluding hydrogens is 256 g/mol. The van der Waals surface area contributed by atoms with Crippen molar-refractivity contribution in [2.24, 2.45) is 5.92 Å². The van der Waals surface area contributed by atoms with Crippen LogP contribution in [-0.2, 0) is 0 Å². The first-order valence-electron chi connectivity index (χ1n) is 8.48. The van der Waals surface area contributed by atoms with E-state index >= 15 is 0 Å². The number of hydrogen-bond donors (Lipinski definition) is 1. The predicted octanol–water partition coefficient (Wildman–Crippen LogP) is 3.89. The zero-order chi connectivity index (χ0) is 15.4. The van der Waals surface area contributed by atoms with Crippen LogP contribution in [0.15, 0.2) is 30.3 Å². The molecule has 4 atom stereocenters. The van der Waals surface area contributed by atoms with E-state index in [1.54, 1.807) is 0 Å². The number of rotatable bonds is 5. The fourth-order valence-corrected chi connectivity index (χ4v) is 3.73. The number of hydrogen-bond acceptors (Lipinski definition) is 2. The van der Waals surface area contributed by atoms with Gasteiger partial charge in [-0.1, -0.05) is 44.2 Å². The Balaban J connectivity index is 2.12. The van der Waals surface area contributed by atoms with E-state index < -0.39 is 0 Å². The lowest BCUT2D eigenvalue weighted by Crippen LogP contribution is -2.54. The summed E-state index contributed by atoms with van der Waals surface area (Å²) in [5.41, 5.74) is 1.52. The van der Waals surface area contributed by atoms with E-state index in [1.807, 2.05) is 0 Å². The summed E-state index contributed by atoms with van der Waals surface area (Å²) in [5.74, 6) is 1.41. The van der Waals surface area contributed by atoms with Gasteiger partial charge in [0.1, 0.15) is 0 Å². The monoisotopic (exact) mass is 288 g/mol. The van der Waals surface area contributed by atoms with Crippen molar-refractivity contribution >= 4 is 0 Å². The van der Waals surface area contributed by atoms with Crippen LogP contribution in [0.5, 0.6) is 0 Å². The van der Waals surface area contributed by atoms with Gasteiger partial charge in [0.2, 0.25) is 0 Å². The molecule has 21 heavy (non-hydrogen) atoms. The molecule has 118 valence electrons. The maximum atomic E-state index is 3.56. The second kappa shape index (κ2) is 7.42. The van der Waals surface area contributed by atoms with Crippen molar-refractivity contribution in [2.75, 3.05) is 14.1 Å². The molecule has 4 unspecified atom stereocenters. The third kappa shape index (κ3) is 3.87. The van der Waals surface area contributed by atoms with E-state index in [4.69, 9.17) is 0 Å². The summed E-state index contributed by atoms with van der Waals surface area (Å²) < 4.78 is 0. The van der Waals surface area contributed by atoms with Crippen molar-refractivity contribution in [2.45, 2.75) is 64.1 Å². The first kappa shape index (κ1) is 16.5. The van der Waals surface area contributed by atoms with Crippen molar-refractivity contribution in [1.82, 2.24) is 10.2 Å². The number of benzene rings is 1. The Kier molecular flexibility index (Phi) is 5.83. The Morgan fingerprint density at radius 1 is 1.10 bits per heavy atom. The maximum Gasteiger partial charge on any atom is 0.0254 e. The Labute approximate surface area is 130 Å². The van der Waals surface area contributed by atoms with Gasteiger partial charge in [-0.05, 0) is 57.7 Å². The highest BCUT2D eigenvalue weighted by atomic mass is 15.2. The molecule has 0 bridgehead atoms. The fourth-order valence-electron chi connectivity index (χ4n) is 3.73. The van der Waals surface area contributed by atoms with Gasteiger partial charge < -0.3 is 5.32 Å². The lowest BCUT2D eigenvalue weighted by atomic mass is 9.77. The van der Waals surface area contributed by atoms with Crippen molar-refractivity contribution < 1.29 is 0 Å². The third-order valence-corrected chi connectivity index (χ3v) is 5.59. The van der Waals surface area contributed by atoms with Crippen molar-refractivity contribution in [3.63, 3.8) is 0 Å². The molecule has 1 aromatic carbocycles. The van der Waals surface area contributed by atoms with E-state index in [-0.39, 0.29) is 0 Å². The summed E-state index contributed by atoms with van der Waals surface area (Å²) in [6.07, 6.45) is 3.84. The average molecular weight is 288 g/mol. The molecule has 0 radical (unpaired) electrons. The molecule has 2 nitrogen and oxygen atoms in total. The molecule has 2 rings (SSSR count). The van der Waals surface area contributed by atoms with Crippen molar-refractivity contribution in [1.29, 1.82) is 0 Å². The van der Waals surface area contributed by atoms with Crippen LogP contribution in [0.4, 0.5) is 0 Å². The van der Waals surface area contributed by atoms with Crippen molar-refractivity contribution in [3.05, 3.63) is 35.9 Å². The van der Waals surface area contributed by atoms with Crippen LogP contribution >= 0.6 is 0 Å². The molecule has 1 N–H and O–H groups in total. The molecule has 0 heterocycles. The topological polar surface area (TPSA) is 15.3 Å². The molecule has 0 aliphatic heterocycles. The van der Waals surface area contributed by atoms with Gasteiger partial charge in [0.05, 0.1) is 0 Å². The normalized spacial score (nSPS) is 28.0. The smallest absolute Gasteiger partial charge is 0.0254 e. The van der Waals surface area contributed by atoms with Crippen LogP contribution in [0.2, 0.25) is 0 Å². The van der Waals surface area contributed by atoms with E-state index in [2.05, 4.69) is 75.4 Å². The van der Waals surface area contributed by atoms with Crippen LogP contribution in [0.25, 0.3) is 0 Å². The van der Waals surface area contributed by atoms with Gasteiger partial charge in [-0.15, -0.1) is 0 Å². The van der Waals surface area contributed by atoms with Crippen LogP contribution in [0.3, 0.4) is 0 Å². The average Bonchev–Trinajstić information content (AvgIpc) is 2.53. The quantitative estimate of drug-likeness (QED) is 0.884. The molecule has 1 aliphatic rings. The number of nitrogens with one attached hydrogen (secondary N) is 1. The van der Waals surface area contributed by atoms with Crippen LogP contribution in [0.1, 0.15) is 51.5 Å². The van der Waals surface area contributed by atoms with E-state index in [1.165, 1.54) is 24.8 Å². The minimum Gasteiger partial charge on any atom is -0.315 e. The molecule has 1 aliphatic carbocycles. The molecule has 0 amide bonds. The minimum absolute atomic E-state index is 0.621. The van der Waals surface area contributed by atoms with Gasteiger partial charge in [0.15, 0.2) is 0 Å². The lowest BCUT2D eigenvalue weighted by Gasteiger charge is -2.44. The Morgan fingerprint density at radius 2 is 1.76 bits per heavy atom. The van der Waals surface area contributed by atoms with Gasteiger partial charge in [0, 0.05) is 18.1 Å². The largest absolute Gasteiger partial charge is 0.315 e. The Bertz CT molecular complexity index is 415. The summed E-state index contributed by atoms with van der Waals surface area (Å²) >= 11 is 0. The van der Waals surface area contributed by atoms with Gasteiger partial charge in [-0.25, -0.2) is 0 Å². The summed E-state index contributed by atoms with van der Waals surface area (Å²) in [7, 11) is 4.43. The zero-order valence-electron chi connectivity index (χ0n) is 14.3. The highest BCUT2D eigenvalue weighted by Crippen LogP contribution is 2.35. The van der Waals surface area contributed by atoms with Gasteiger partial charge >= 0.3 is 0 Å². The highest BCUT2D eigenvalue weighted by Gasteiger charge is 2.34. The molecular formula is C19H32N2. The lowest BCUT2D eigenvalue weighted by molar-refractivity contribution is 0.0873. The van der Waals surface area contributed by atoms with E-state index in [0.29, 0.717) is 30.0 Å². The second-order valence-electron chi connectivity index (χ2n) is 7.03. The van der Waals surface area contributed by atoms with Crippen LogP contribution in [0, 0.1) is 5.92 Å². The summed E-state index contributed by atoms with van der Waals surface area (Å²) in [6, 6.07) is 12.9. The summed E-state index contributed by atoms with van der Waals surface area (Å²) in [5, 5.41) is 3.56. The fraction of sp³-hybridized carbons (Fsp3) is 0.684. The summed E-state index contributed by atoms with van der Waals surface area (Å²) in [6.45, 7) is 7.02. The molecule has 2 heteroatoms. The molecule has 0 aromatic heterocycles. The van der Waals surface area contributed by atoms with Gasteiger partial charge in [-0.2, -0.15) is 0 Å². The van der Waals surface area contributed by atoms with Crippen molar-refractivity contribution in [3.8, 4) is 0 Å². The van der Waals surface area contributed by atoms with Crippen LogP contribution in [-0.4, -0.2) is 37.1 Å².